The molecule has 19 heteroatoms. The molecule has 17 atom stereocenters. The van der Waals surface area contributed by atoms with Crippen molar-refractivity contribution >= 4 is 5.91 Å². The number of ether oxygens (including phenoxy) is 6. The Balaban J connectivity index is 1.44. The zero-order valence-electron chi connectivity index (χ0n) is 39.7. The molecule has 3 heterocycles. The van der Waals surface area contributed by atoms with E-state index in [9.17, 15) is 61.0 Å². The smallest absolute Gasteiger partial charge is 0.220 e. The molecule has 12 N–H and O–H groups in total. The SMILES string of the molecule is CCCCCCCCCCCCCCCCCCCCCC(O)C(COC1OC(CO)C(OC2OC(CO)C(OC3OC(CO)C(O)C(O)C3O)C(O)C2O)C(O)C1O)NC(=O)CCCC. The molecule has 3 aliphatic heterocycles. The van der Waals surface area contributed by atoms with E-state index in [4.69, 9.17) is 28.4 Å². The summed E-state index contributed by atoms with van der Waals surface area (Å²) in [7, 11) is 0. The maximum Gasteiger partial charge on any atom is 0.220 e. The highest BCUT2D eigenvalue weighted by Crippen LogP contribution is 2.33. The zero-order valence-corrected chi connectivity index (χ0v) is 39.7. The first-order chi connectivity index (χ1) is 31.8. The number of unbranched alkanes of at least 4 members (excludes halogenated alkanes) is 19. The van der Waals surface area contributed by atoms with Gasteiger partial charge in [0.25, 0.3) is 0 Å². The van der Waals surface area contributed by atoms with E-state index >= 15 is 0 Å². The Bertz CT molecular complexity index is 1240. The second-order valence-corrected chi connectivity index (χ2v) is 18.6. The molecule has 3 fully saturated rings. The summed E-state index contributed by atoms with van der Waals surface area (Å²) in [5.74, 6) is -0.278. The van der Waals surface area contributed by atoms with Crippen molar-refractivity contribution < 1.29 is 89.4 Å². The number of aliphatic hydroxyl groups is 11. The van der Waals surface area contributed by atoms with Crippen LogP contribution in [-0.4, -0.2) is 193 Å². The lowest BCUT2D eigenvalue weighted by molar-refractivity contribution is -0.379. The maximum atomic E-state index is 12.8. The summed E-state index contributed by atoms with van der Waals surface area (Å²) in [5.41, 5.74) is 0. The topological polar surface area (TPSA) is 307 Å². The van der Waals surface area contributed by atoms with Crippen LogP contribution in [0.5, 0.6) is 0 Å². The van der Waals surface area contributed by atoms with Crippen molar-refractivity contribution in [2.24, 2.45) is 0 Å². The highest BCUT2D eigenvalue weighted by atomic mass is 16.8. The summed E-state index contributed by atoms with van der Waals surface area (Å²) in [6.07, 6.45) is -0.629. The van der Waals surface area contributed by atoms with Crippen molar-refractivity contribution in [3.63, 3.8) is 0 Å². The van der Waals surface area contributed by atoms with Crippen LogP contribution in [0.25, 0.3) is 0 Å². The van der Waals surface area contributed by atoms with Crippen molar-refractivity contribution in [2.45, 2.75) is 266 Å². The molecule has 3 saturated heterocycles. The van der Waals surface area contributed by atoms with Crippen LogP contribution in [-0.2, 0) is 33.2 Å². The quantitative estimate of drug-likeness (QED) is 0.0399. The summed E-state index contributed by atoms with van der Waals surface area (Å²) < 4.78 is 33.9. The minimum Gasteiger partial charge on any atom is -0.394 e. The van der Waals surface area contributed by atoms with E-state index < -0.39 is 124 Å². The van der Waals surface area contributed by atoms with Crippen LogP contribution >= 0.6 is 0 Å². The molecule has 0 aromatic rings. The molecule has 0 bridgehead atoms. The van der Waals surface area contributed by atoms with Gasteiger partial charge >= 0.3 is 0 Å². The lowest BCUT2D eigenvalue weighted by atomic mass is 9.96. The number of nitrogens with one attached hydrogen (secondary N) is 1. The van der Waals surface area contributed by atoms with E-state index in [1.54, 1.807) is 0 Å². The molecule has 0 saturated carbocycles. The minimum atomic E-state index is -1.96. The van der Waals surface area contributed by atoms with Gasteiger partial charge in [-0.05, 0) is 12.8 Å². The summed E-state index contributed by atoms with van der Waals surface area (Å²) in [6, 6.07) is -0.875. The largest absolute Gasteiger partial charge is 0.394 e. The van der Waals surface area contributed by atoms with Gasteiger partial charge in [-0.1, -0.05) is 142 Å². The molecular formula is C47H89NO18. The van der Waals surface area contributed by atoms with Crippen LogP contribution in [0, 0.1) is 0 Å². The fourth-order valence-corrected chi connectivity index (χ4v) is 8.88. The van der Waals surface area contributed by atoms with E-state index in [2.05, 4.69) is 12.2 Å². The molecule has 0 spiro atoms. The summed E-state index contributed by atoms with van der Waals surface area (Å²) in [6.45, 7) is 1.51. The number of aliphatic hydroxyl groups excluding tert-OH is 11. The van der Waals surface area contributed by atoms with Gasteiger partial charge in [-0.3, -0.25) is 4.79 Å². The van der Waals surface area contributed by atoms with Crippen LogP contribution in [0.3, 0.4) is 0 Å². The van der Waals surface area contributed by atoms with Gasteiger partial charge < -0.3 is 89.9 Å². The van der Waals surface area contributed by atoms with Gasteiger partial charge in [0, 0.05) is 6.42 Å². The van der Waals surface area contributed by atoms with Crippen LogP contribution in [0.1, 0.15) is 162 Å². The summed E-state index contributed by atoms with van der Waals surface area (Å²) in [5, 5.41) is 119. The zero-order chi connectivity index (χ0) is 48.4. The highest BCUT2D eigenvalue weighted by molar-refractivity contribution is 5.76. The first-order valence-electron chi connectivity index (χ1n) is 25.3. The second kappa shape index (κ2) is 33.4. The van der Waals surface area contributed by atoms with Crippen molar-refractivity contribution in [2.75, 3.05) is 26.4 Å². The van der Waals surface area contributed by atoms with Gasteiger partial charge in [-0.15, -0.1) is 0 Å². The first kappa shape index (κ1) is 59.1. The highest BCUT2D eigenvalue weighted by Gasteiger charge is 2.53. The number of hydrogen-bond acceptors (Lipinski definition) is 18. The molecular weight excluding hydrogens is 867 g/mol. The van der Waals surface area contributed by atoms with E-state index in [1.807, 2.05) is 6.92 Å². The molecule has 17 unspecified atom stereocenters. The number of carbonyl (C=O) groups excluding carboxylic acids is 1. The number of amides is 1. The Morgan fingerprint density at radius 1 is 0.485 bits per heavy atom. The third kappa shape index (κ3) is 19.5. The van der Waals surface area contributed by atoms with Crippen molar-refractivity contribution in [3.05, 3.63) is 0 Å². The molecule has 0 aromatic heterocycles. The molecule has 3 aliphatic rings. The molecule has 0 radical (unpaired) electrons. The van der Waals surface area contributed by atoms with E-state index in [0.29, 0.717) is 12.8 Å². The molecule has 1 amide bonds. The molecule has 3 rings (SSSR count). The van der Waals surface area contributed by atoms with E-state index in [1.165, 1.54) is 96.3 Å². The standard InChI is InChI=1S/C47H89NO18/c1-3-5-7-8-9-10-11-12-13-14-15-16-17-18-19-20-21-22-23-24-31(52)30(48-35(53)25-6-4-2)29-61-45-41(59)38(56)43(33(27-50)63-45)66-47-42(60)39(57)44(34(28-51)64-47)65-46-40(58)37(55)36(54)32(26-49)62-46/h30-34,36-47,49-52,54-60H,3-29H2,1-2H3,(H,48,53). The Kier molecular flexibility index (Phi) is 29.9. The number of rotatable bonds is 35. The van der Waals surface area contributed by atoms with Gasteiger partial charge in [-0.2, -0.15) is 0 Å². The van der Waals surface area contributed by atoms with Crippen LogP contribution in [0.2, 0.25) is 0 Å². The third-order valence-electron chi connectivity index (χ3n) is 13.2. The van der Waals surface area contributed by atoms with Gasteiger partial charge in [0.15, 0.2) is 18.9 Å². The predicted molar refractivity (Wildman–Crippen MR) is 240 cm³/mol. The number of hydrogen-bond donors (Lipinski definition) is 12. The van der Waals surface area contributed by atoms with Crippen LogP contribution in [0.15, 0.2) is 0 Å². The average Bonchev–Trinajstić information content (AvgIpc) is 3.31. The van der Waals surface area contributed by atoms with Crippen molar-refractivity contribution in [1.82, 2.24) is 5.32 Å². The van der Waals surface area contributed by atoms with Gasteiger partial charge in [0.2, 0.25) is 5.91 Å². The Morgan fingerprint density at radius 2 is 0.864 bits per heavy atom. The van der Waals surface area contributed by atoms with E-state index in [0.717, 1.165) is 32.1 Å². The van der Waals surface area contributed by atoms with Crippen molar-refractivity contribution in [3.8, 4) is 0 Å². The predicted octanol–water partition coefficient (Wildman–Crippen LogP) is 1.31. The molecule has 390 valence electrons. The monoisotopic (exact) mass is 956 g/mol. The number of carbonyl (C=O) groups is 1. The second-order valence-electron chi connectivity index (χ2n) is 18.6. The fourth-order valence-electron chi connectivity index (χ4n) is 8.88. The minimum absolute atomic E-state index is 0.243. The molecule has 66 heavy (non-hydrogen) atoms. The maximum absolute atomic E-state index is 12.8. The summed E-state index contributed by atoms with van der Waals surface area (Å²) in [4.78, 5) is 12.8. The molecule has 0 aromatic carbocycles. The van der Waals surface area contributed by atoms with Crippen LogP contribution < -0.4 is 5.32 Å². The normalized spacial score (nSPS) is 33.7. The lowest BCUT2D eigenvalue weighted by Gasteiger charge is -2.48. The van der Waals surface area contributed by atoms with Crippen molar-refractivity contribution in [1.29, 1.82) is 0 Å². The lowest BCUT2D eigenvalue weighted by Crippen LogP contribution is -2.66. The first-order valence-corrected chi connectivity index (χ1v) is 25.3. The Labute approximate surface area is 392 Å². The summed E-state index contributed by atoms with van der Waals surface area (Å²) >= 11 is 0. The fraction of sp³-hybridized carbons (Fsp3) is 0.979. The van der Waals surface area contributed by atoms with Crippen LogP contribution in [0.4, 0.5) is 0 Å². The van der Waals surface area contributed by atoms with Gasteiger partial charge in [0.05, 0.1) is 38.6 Å². The van der Waals surface area contributed by atoms with Gasteiger partial charge in [0.1, 0.15) is 73.2 Å². The molecule has 19 nitrogen and oxygen atoms in total. The van der Waals surface area contributed by atoms with E-state index in [-0.39, 0.29) is 18.9 Å². The third-order valence-corrected chi connectivity index (χ3v) is 13.2. The van der Waals surface area contributed by atoms with Gasteiger partial charge in [-0.25, -0.2) is 0 Å². The average molecular weight is 956 g/mol. The molecule has 0 aliphatic carbocycles. The Morgan fingerprint density at radius 3 is 1.30 bits per heavy atom. The Hall–Kier alpha value is -1.21.